The van der Waals surface area contributed by atoms with Gasteiger partial charge in [0.2, 0.25) is 11.7 Å². The van der Waals surface area contributed by atoms with E-state index in [0.29, 0.717) is 35.2 Å². The summed E-state index contributed by atoms with van der Waals surface area (Å²) in [7, 11) is 4.27. The van der Waals surface area contributed by atoms with Gasteiger partial charge in [-0.25, -0.2) is 0 Å². The highest BCUT2D eigenvalue weighted by atomic mass is 16.5. The van der Waals surface area contributed by atoms with E-state index in [1.54, 1.807) is 48.5 Å². The number of amides is 1. The number of phenolic OH excluding ortho intramolecular Hbond substituents is 3. The fourth-order valence-electron chi connectivity index (χ4n) is 4.93. The van der Waals surface area contributed by atoms with Gasteiger partial charge in [-0.3, -0.25) is 4.79 Å². The molecule has 0 radical (unpaired) electrons. The van der Waals surface area contributed by atoms with E-state index < -0.39 is 11.8 Å². The number of nitrogens with one attached hydrogen (secondary N) is 1. The first-order chi connectivity index (χ1) is 18.3. The molecule has 3 aromatic rings. The first kappa shape index (κ1) is 26.7. The van der Waals surface area contributed by atoms with Crippen LogP contribution in [0.25, 0.3) is 6.08 Å². The molecule has 0 saturated heterocycles. The summed E-state index contributed by atoms with van der Waals surface area (Å²) in [6, 6.07) is 13.2. The number of carbonyl (C=O) groups is 1. The molecule has 1 amide bonds. The Bertz CT molecular complexity index is 1350. The van der Waals surface area contributed by atoms with Gasteiger partial charge in [-0.05, 0) is 59.5 Å². The van der Waals surface area contributed by atoms with Crippen LogP contribution in [0.5, 0.6) is 34.5 Å². The quantitative estimate of drug-likeness (QED) is 0.289. The van der Waals surface area contributed by atoms with Crippen LogP contribution < -0.4 is 19.5 Å². The highest BCUT2D eigenvalue weighted by Crippen LogP contribution is 2.52. The van der Waals surface area contributed by atoms with Crippen molar-refractivity contribution in [3.05, 3.63) is 76.4 Å². The molecule has 3 aromatic carbocycles. The number of rotatable bonds is 9. The van der Waals surface area contributed by atoms with Crippen LogP contribution in [-0.2, 0) is 11.2 Å². The van der Waals surface area contributed by atoms with Crippen LogP contribution in [0.3, 0.4) is 0 Å². The molecule has 4 rings (SSSR count). The van der Waals surface area contributed by atoms with Gasteiger partial charge in [-0.1, -0.05) is 18.2 Å². The summed E-state index contributed by atoms with van der Waals surface area (Å²) in [5, 5.41) is 44.0. The summed E-state index contributed by atoms with van der Waals surface area (Å²) in [5.74, 6) is -1.19. The van der Waals surface area contributed by atoms with E-state index in [1.165, 1.54) is 27.4 Å². The zero-order valence-corrected chi connectivity index (χ0v) is 21.4. The Morgan fingerprint density at radius 1 is 0.921 bits per heavy atom. The van der Waals surface area contributed by atoms with Gasteiger partial charge in [0, 0.05) is 29.5 Å². The molecule has 0 aromatic heterocycles. The maximum Gasteiger partial charge on any atom is 0.247 e. The molecule has 0 aliphatic heterocycles. The van der Waals surface area contributed by atoms with Crippen molar-refractivity contribution < 1.29 is 39.4 Å². The van der Waals surface area contributed by atoms with E-state index in [-0.39, 0.29) is 47.0 Å². The van der Waals surface area contributed by atoms with Gasteiger partial charge in [0.05, 0.1) is 27.9 Å². The van der Waals surface area contributed by atoms with Crippen molar-refractivity contribution >= 4 is 12.0 Å². The van der Waals surface area contributed by atoms with Crippen molar-refractivity contribution in [1.82, 2.24) is 5.32 Å². The molecule has 9 heteroatoms. The molecule has 0 heterocycles. The number of carbonyl (C=O) groups excluding carboxylic acids is 1. The summed E-state index contributed by atoms with van der Waals surface area (Å²) in [6.07, 6.45) is 2.22. The second-order valence-electron chi connectivity index (χ2n) is 8.93. The Labute approximate surface area is 220 Å². The third-order valence-corrected chi connectivity index (χ3v) is 6.80. The monoisotopic (exact) mass is 521 g/mol. The van der Waals surface area contributed by atoms with Gasteiger partial charge in [-0.15, -0.1) is 0 Å². The summed E-state index contributed by atoms with van der Waals surface area (Å²) >= 11 is 0. The lowest BCUT2D eigenvalue weighted by molar-refractivity contribution is -0.118. The number of fused-ring (bicyclic) bond motifs is 1. The van der Waals surface area contributed by atoms with Gasteiger partial charge < -0.3 is 40.0 Å². The maximum atomic E-state index is 13.4. The predicted molar refractivity (Wildman–Crippen MR) is 141 cm³/mol. The smallest absolute Gasteiger partial charge is 0.247 e. The second-order valence-corrected chi connectivity index (χ2v) is 8.93. The highest BCUT2D eigenvalue weighted by molar-refractivity contribution is 6.00. The molecule has 0 saturated carbocycles. The summed E-state index contributed by atoms with van der Waals surface area (Å²) in [5.41, 5.74) is 3.09. The number of ether oxygens (including phenoxy) is 3. The van der Waals surface area contributed by atoms with Crippen molar-refractivity contribution in [3.63, 3.8) is 0 Å². The Morgan fingerprint density at radius 3 is 2.26 bits per heavy atom. The van der Waals surface area contributed by atoms with Crippen molar-refractivity contribution in [2.75, 3.05) is 34.5 Å². The predicted octanol–water partition coefficient (Wildman–Crippen LogP) is 3.33. The molecular formula is C29H31NO8. The molecule has 2 atom stereocenters. The first-order valence-corrected chi connectivity index (χ1v) is 12.1. The Balaban J connectivity index is 1.78. The van der Waals surface area contributed by atoms with Crippen LogP contribution in [0, 0.1) is 5.92 Å². The molecule has 200 valence electrons. The van der Waals surface area contributed by atoms with E-state index in [0.717, 1.165) is 5.56 Å². The molecule has 0 unspecified atom stereocenters. The van der Waals surface area contributed by atoms with Crippen molar-refractivity contribution in [3.8, 4) is 34.5 Å². The van der Waals surface area contributed by atoms with Gasteiger partial charge in [0.1, 0.15) is 5.75 Å². The Kier molecular flexibility index (Phi) is 7.97. The molecule has 0 fully saturated rings. The van der Waals surface area contributed by atoms with Crippen molar-refractivity contribution in [2.24, 2.45) is 5.92 Å². The SMILES string of the molecule is COc1cc([C@H]2c3c(cc(OC)c(O)c3OC)C=C(C(=O)NCCc3ccc(O)cc3)[C@@H]2CO)ccc1O. The number of aliphatic hydroxyl groups excluding tert-OH is 1. The minimum atomic E-state index is -0.702. The number of aliphatic hydroxyl groups is 1. The molecule has 5 N–H and O–H groups in total. The van der Waals surface area contributed by atoms with E-state index in [1.807, 2.05) is 0 Å². The van der Waals surface area contributed by atoms with E-state index >= 15 is 0 Å². The third-order valence-electron chi connectivity index (χ3n) is 6.80. The number of aromatic hydroxyl groups is 3. The summed E-state index contributed by atoms with van der Waals surface area (Å²) in [6.45, 7) is -0.0354. The first-order valence-electron chi connectivity index (χ1n) is 12.1. The highest BCUT2D eigenvalue weighted by Gasteiger charge is 2.39. The fraction of sp³-hybridized carbons (Fsp3) is 0.276. The third kappa shape index (κ3) is 5.05. The van der Waals surface area contributed by atoms with Gasteiger partial charge in [-0.2, -0.15) is 0 Å². The Morgan fingerprint density at radius 2 is 1.63 bits per heavy atom. The molecule has 1 aliphatic carbocycles. The lowest BCUT2D eigenvalue weighted by Crippen LogP contribution is -2.35. The van der Waals surface area contributed by atoms with Gasteiger partial charge >= 0.3 is 0 Å². The number of phenols is 3. The van der Waals surface area contributed by atoms with Crippen molar-refractivity contribution in [2.45, 2.75) is 12.3 Å². The summed E-state index contributed by atoms with van der Waals surface area (Å²) < 4.78 is 16.2. The molecule has 9 nitrogen and oxygen atoms in total. The largest absolute Gasteiger partial charge is 0.508 e. The van der Waals surface area contributed by atoms with Crippen LogP contribution in [-0.4, -0.2) is 60.8 Å². The van der Waals surface area contributed by atoms with Gasteiger partial charge in [0.15, 0.2) is 23.0 Å². The van der Waals surface area contributed by atoms with E-state index in [4.69, 9.17) is 14.2 Å². The lowest BCUT2D eigenvalue weighted by Gasteiger charge is -2.35. The number of hydrogen-bond acceptors (Lipinski definition) is 8. The van der Waals surface area contributed by atoms with E-state index in [2.05, 4.69) is 5.32 Å². The van der Waals surface area contributed by atoms with Crippen LogP contribution >= 0.6 is 0 Å². The standard InChI is InChI=1S/C29H31NO8/c1-36-23-13-17(6-9-22(23)33)25-21(15-31)20(29(35)30-11-10-16-4-7-19(32)8-5-16)12-18-14-24(37-2)27(34)28(38-3)26(18)25/h4-9,12-14,21,25,31-34H,10-11,15H2,1-3H3,(H,30,35)/t21-,25+/m0/s1. The topological polar surface area (TPSA) is 138 Å². The van der Waals surface area contributed by atoms with Crippen LogP contribution in [0.4, 0.5) is 0 Å². The van der Waals surface area contributed by atoms with E-state index in [9.17, 15) is 25.2 Å². The molecule has 1 aliphatic rings. The summed E-state index contributed by atoms with van der Waals surface area (Å²) in [4.78, 5) is 13.4. The number of methoxy groups -OCH3 is 3. The molecule has 38 heavy (non-hydrogen) atoms. The Hall–Kier alpha value is -4.37. The van der Waals surface area contributed by atoms with Crippen LogP contribution in [0.1, 0.15) is 28.2 Å². The normalized spacial score (nSPS) is 16.3. The lowest BCUT2D eigenvalue weighted by atomic mass is 9.71. The molecule has 0 bridgehead atoms. The van der Waals surface area contributed by atoms with Crippen LogP contribution in [0.15, 0.2) is 54.1 Å². The maximum absolute atomic E-state index is 13.4. The molecule has 0 spiro atoms. The average molecular weight is 522 g/mol. The van der Waals surface area contributed by atoms with Crippen molar-refractivity contribution in [1.29, 1.82) is 0 Å². The minimum Gasteiger partial charge on any atom is -0.508 e. The minimum absolute atomic E-state index is 0.0555. The second kappa shape index (κ2) is 11.4. The zero-order chi connectivity index (χ0) is 27.4. The zero-order valence-electron chi connectivity index (χ0n) is 21.4. The number of hydrogen-bond donors (Lipinski definition) is 5. The fourth-order valence-corrected chi connectivity index (χ4v) is 4.93. The number of benzene rings is 3. The average Bonchev–Trinajstić information content (AvgIpc) is 2.93. The van der Waals surface area contributed by atoms with Crippen LogP contribution in [0.2, 0.25) is 0 Å². The van der Waals surface area contributed by atoms with Gasteiger partial charge in [0.25, 0.3) is 0 Å². The molecular weight excluding hydrogens is 490 g/mol.